The molecule has 2 aliphatic heterocycles. The van der Waals surface area contributed by atoms with Crippen molar-refractivity contribution in [3.63, 3.8) is 0 Å². The highest BCUT2D eigenvalue weighted by molar-refractivity contribution is 7.12. The summed E-state index contributed by atoms with van der Waals surface area (Å²) in [6.07, 6.45) is 1.10. The van der Waals surface area contributed by atoms with Crippen molar-refractivity contribution in [3.05, 3.63) is 16.3 Å². The second kappa shape index (κ2) is 6.98. The molecular weight excluding hydrogens is 300 g/mol. The topological polar surface area (TPSA) is 42.0 Å². The van der Waals surface area contributed by atoms with Gasteiger partial charge in [0.1, 0.15) is 10.6 Å². The van der Waals surface area contributed by atoms with Gasteiger partial charge in [0.15, 0.2) is 0 Å². The van der Waals surface area contributed by atoms with Gasteiger partial charge < -0.3 is 14.4 Å². The molecule has 2 fully saturated rings. The van der Waals surface area contributed by atoms with E-state index in [1.807, 2.05) is 16.3 Å². The summed E-state index contributed by atoms with van der Waals surface area (Å²) < 4.78 is 10.8. The molecule has 122 valence electrons. The first-order chi connectivity index (χ1) is 10.7. The van der Waals surface area contributed by atoms with Crippen LogP contribution in [0.1, 0.15) is 23.0 Å². The van der Waals surface area contributed by atoms with Crippen LogP contribution in [-0.2, 0) is 4.74 Å². The lowest BCUT2D eigenvalue weighted by Gasteiger charge is -2.34. The fourth-order valence-corrected chi connectivity index (χ4v) is 4.33. The molecule has 1 amide bonds. The van der Waals surface area contributed by atoms with Crippen LogP contribution in [-0.4, -0.2) is 68.3 Å². The minimum absolute atomic E-state index is 0.112. The van der Waals surface area contributed by atoms with Crippen molar-refractivity contribution in [2.75, 3.05) is 46.5 Å². The maximum absolute atomic E-state index is 12.8. The SMILES string of the molecule is CC[C@@H]1CN(C(=O)c2sccc2OC)C[C@H]1N1CCOCC1. The molecule has 0 saturated carbocycles. The number of amides is 1. The Hall–Kier alpha value is -1.11. The van der Waals surface area contributed by atoms with E-state index in [1.165, 1.54) is 11.3 Å². The molecule has 0 unspecified atom stereocenters. The van der Waals surface area contributed by atoms with Gasteiger partial charge >= 0.3 is 0 Å². The number of nitrogens with zero attached hydrogens (tertiary/aromatic N) is 2. The fraction of sp³-hybridized carbons (Fsp3) is 0.688. The fourth-order valence-electron chi connectivity index (χ4n) is 3.50. The molecule has 2 aliphatic rings. The number of ether oxygens (including phenoxy) is 2. The van der Waals surface area contributed by atoms with Crippen molar-refractivity contribution < 1.29 is 14.3 Å². The molecule has 1 aromatic rings. The average molecular weight is 324 g/mol. The van der Waals surface area contributed by atoms with Gasteiger partial charge in [-0.15, -0.1) is 11.3 Å². The van der Waals surface area contributed by atoms with Crippen LogP contribution in [0.25, 0.3) is 0 Å². The normalized spacial score (nSPS) is 26.4. The smallest absolute Gasteiger partial charge is 0.267 e. The minimum atomic E-state index is 0.112. The van der Waals surface area contributed by atoms with Crippen LogP contribution < -0.4 is 4.74 Å². The van der Waals surface area contributed by atoms with E-state index in [4.69, 9.17) is 9.47 Å². The summed E-state index contributed by atoms with van der Waals surface area (Å²) in [7, 11) is 1.62. The van der Waals surface area contributed by atoms with Crippen LogP contribution in [0.3, 0.4) is 0 Å². The third-order valence-corrected chi connectivity index (χ3v) is 5.66. The number of rotatable bonds is 4. The van der Waals surface area contributed by atoms with Crippen LogP contribution in [0, 0.1) is 5.92 Å². The lowest BCUT2D eigenvalue weighted by molar-refractivity contribution is 0.0103. The van der Waals surface area contributed by atoms with E-state index in [1.54, 1.807) is 7.11 Å². The first kappa shape index (κ1) is 15.8. The minimum Gasteiger partial charge on any atom is -0.495 e. The maximum Gasteiger partial charge on any atom is 0.267 e. The van der Waals surface area contributed by atoms with Crippen molar-refractivity contribution in [1.82, 2.24) is 9.80 Å². The van der Waals surface area contributed by atoms with Crippen LogP contribution >= 0.6 is 11.3 Å². The van der Waals surface area contributed by atoms with Crippen LogP contribution in [0.2, 0.25) is 0 Å². The third kappa shape index (κ3) is 3.00. The second-order valence-corrected chi connectivity index (χ2v) is 6.83. The predicted molar refractivity (Wildman–Crippen MR) is 86.7 cm³/mol. The Morgan fingerprint density at radius 2 is 2.18 bits per heavy atom. The zero-order chi connectivity index (χ0) is 15.5. The molecule has 1 aromatic heterocycles. The molecule has 5 nitrogen and oxygen atoms in total. The van der Waals surface area contributed by atoms with Gasteiger partial charge in [-0.2, -0.15) is 0 Å². The van der Waals surface area contributed by atoms with E-state index in [0.717, 1.165) is 50.7 Å². The van der Waals surface area contributed by atoms with Crippen LogP contribution in [0.4, 0.5) is 0 Å². The van der Waals surface area contributed by atoms with Gasteiger partial charge in [0.05, 0.1) is 20.3 Å². The molecule has 3 heterocycles. The zero-order valence-corrected chi connectivity index (χ0v) is 14.1. The number of carbonyl (C=O) groups is 1. The summed E-state index contributed by atoms with van der Waals surface area (Å²) in [6.45, 7) is 7.45. The molecule has 0 radical (unpaired) electrons. The quantitative estimate of drug-likeness (QED) is 0.849. The Morgan fingerprint density at radius 3 is 2.86 bits per heavy atom. The maximum atomic E-state index is 12.8. The summed E-state index contributed by atoms with van der Waals surface area (Å²) in [5, 5.41) is 1.92. The van der Waals surface area contributed by atoms with Gasteiger partial charge in [0, 0.05) is 32.2 Å². The molecule has 0 aromatic carbocycles. The van der Waals surface area contributed by atoms with E-state index in [2.05, 4.69) is 11.8 Å². The number of hydrogen-bond donors (Lipinski definition) is 0. The molecule has 2 saturated heterocycles. The van der Waals surface area contributed by atoms with E-state index < -0.39 is 0 Å². The first-order valence-corrected chi connectivity index (χ1v) is 8.85. The number of hydrogen-bond acceptors (Lipinski definition) is 5. The Morgan fingerprint density at radius 1 is 1.41 bits per heavy atom. The van der Waals surface area contributed by atoms with Crippen molar-refractivity contribution in [2.45, 2.75) is 19.4 Å². The molecule has 3 rings (SSSR count). The molecule has 0 aliphatic carbocycles. The summed E-state index contributed by atoms with van der Waals surface area (Å²) in [5.41, 5.74) is 0. The zero-order valence-electron chi connectivity index (χ0n) is 13.3. The molecule has 0 N–H and O–H groups in total. The summed E-state index contributed by atoms with van der Waals surface area (Å²) in [6, 6.07) is 2.33. The monoisotopic (exact) mass is 324 g/mol. The largest absolute Gasteiger partial charge is 0.495 e. The number of methoxy groups -OCH3 is 1. The molecular formula is C16H24N2O3S. The molecule has 0 bridgehead atoms. The number of carbonyl (C=O) groups excluding carboxylic acids is 1. The van der Waals surface area contributed by atoms with Gasteiger partial charge in [-0.05, 0) is 17.4 Å². The van der Waals surface area contributed by atoms with E-state index >= 15 is 0 Å². The van der Waals surface area contributed by atoms with Crippen molar-refractivity contribution in [2.24, 2.45) is 5.92 Å². The first-order valence-electron chi connectivity index (χ1n) is 7.97. The average Bonchev–Trinajstić information content (AvgIpc) is 3.21. The Labute approximate surface area is 135 Å². The van der Waals surface area contributed by atoms with Gasteiger partial charge in [-0.1, -0.05) is 13.3 Å². The Kier molecular flexibility index (Phi) is 5.00. The predicted octanol–water partition coefficient (Wildman–Crippen LogP) is 1.94. The summed E-state index contributed by atoms with van der Waals surface area (Å²) in [4.78, 5) is 18.0. The highest BCUT2D eigenvalue weighted by atomic mass is 32.1. The summed E-state index contributed by atoms with van der Waals surface area (Å²) >= 11 is 1.46. The molecule has 22 heavy (non-hydrogen) atoms. The standard InChI is InChI=1S/C16H24N2O3S/c1-3-12-10-18(11-13(12)17-5-7-21-8-6-17)16(19)15-14(20-2)4-9-22-15/h4,9,12-13H,3,5-8,10-11H2,1-2H3/t12-,13-/m1/s1. The van der Waals surface area contributed by atoms with Crippen molar-refractivity contribution >= 4 is 17.2 Å². The number of morpholine rings is 1. The lowest BCUT2D eigenvalue weighted by Crippen LogP contribution is -2.47. The Balaban J connectivity index is 1.72. The van der Waals surface area contributed by atoms with Gasteiger partial charge in [-0.25, -0.2) is 0 Å². The molecule has 2 atom stereocenters. The van der Waals surface area contributed by atoms with Crippen molar-refractivity contribution in [3.8, 4) is 5.75 Å². The third-order valence-electron chi connectivity index (χ3n) is 4.78. The highest BCUT2D eigenvalue weighted by Gasteiger charge is 2.39. The van der Waals surface area contributed by atoms with Crippen molar-refractivity contribution in [1.29, 1.82) is 0 Å². The molecule has 6 heteroatoms. The number of thiophene rings is 1. The number of likely N-dealkylation sites (tertiary alicyclic amines) is 1. The van der Waals surface area contributed by atoms with E-state index in [-0.39, 0.29) is 5.91 Å². The van der Waals surface area contributed by atoms with E-state index in [9.17, 15) is 4.79 Å². The Bertz CT molecular complexity index is 513. The van der Waals surface area contributed by atoms with E-state index in [0.29, 0.717) is 17.7 Å². The lowest BCUT2D eigenvalue weighted by atomic mass is 9.99. The second-order valence-electron chi connectivity index (χ2n) is 5.91. The van der Waals surface area contributed by atoms with Gasteiger partial charge in [-0.3, -0.25) is 9.69 Å². The van der Waals surface area contributed by atoms with Crippen LogP contribution in [0.15, 0.2) is 11.4 Å². The van der Waals surface area contributed by atoms with Gasteiger partial charge in [0.2, 0.25) is 0 Å². The van der Waals surface area contributed by atoms with Gasteiger partial charge in [0.25, 0.3) is 5.91 Å². The van der Waals surface area contributed by atoms with Crippen LogP contribution in [0.5, 0.6) is 5.75 Å². The molecule has 0 spiro atoms. The highest BCUT2D eigenvalue weighted by Crippen LogP contribution is 2.31. The summed E-state index contributed by atoms with van der Waals surface area (Å²) in [5.74, 6) is 1.35.